The topological polar surface area (TPSA) is 107 Å². The predicted octanol–water partition coefficient (Wildman–Crippen LogP) is 3.93. The van der Waals surface area contributed by atoms with Gasteiger partial charge >= 0.3 is 0 Å². The van der Waals surface area contributed by atoms with Gasteiger partial charge in [0, 0.05) is 36.0 Å². The van der Waals surface area contributed by atoms with E-state index in [2.05, 4.69) is 9.82 Å². The van der Waals surface area contributed by atoms with E-state index in [9.17, 15) is 18.5 Å². The Bertz CT molecular complexity index is 1320. The second kappa shape index (κ2) is 8.50. The van der Waals surface area contributed by atoms with Crippen molar-refractivity contribution in [1.29, 1.82) is 0 Å². The predicted molar refractivity (Wildman–Crippen MR) is 116 cm³/mol. The first kappa shape index (κ1) is 20.5. The van der Waals surface area contributed by atoms with Gasteiger partial charge in [-0.05, 0) is 18.2 Å². The van der Waals surface area contributed by atoms with E-state index in [1.165, 1.54) is 18.2 Å². The molecule has 0 atom stereocenters. The number of benzene rings is 3. The molecule has 31 heavy (non-hydrogen) atoms. The first-order valence-corrected chi connectivity index (χ1v) is 10.9. The van der Waals surface area contributed by atoms with E-state index in [1.54, 1.807) is 10.9 Å². The van der Waals surface area contributed by atoms with Crippen LogP contribution in [0.5, 0.6) is 0 Å². The quantitative estimate of drug-likeness (QED) is 0.350. The fourth-order valence-electron chi connectivity index (χ4n) is 3.11. The molecule has 0 saturated carbocycles. The van der Waals surface area contributed by atoms with Crippen LogP contribution in [0.2, 0.25) is 0 Å². The Morgan fingerprint density at radius 3 is 2.29 bits per heavy atom. The summed E-state index contributed by atoms with van der Waals surface area (Å²) in [4.78, 5) is 10.2. The molecule has 3 aromatic carbocycles. The van der Waals surface area contributed by atoms with E-state index in [-0.39, 0.29) is 17.1 Å². The number of rotatable bonds is 7. The third-order valence-electron chi connectivity index (χ3n) is 4.65. The molecule has 1 aromatic heterocycles. The highest BCUT2D eigenvalue weighted by molar-refractivity contribution is 7.89. The summed E-state index contributed by atoms with van der Waals surface area (Å²) in [5.74, 6) is 0. The van der Waals surface area contributed by atoms with Gasteiger partial charge in [0.2, 0.25) is 10.0 Å². The van der Waals surface area contributed by atoms with Crippen LogP contribution in [0, 0.1) is 10.1 Å². The lowest BCUT2D eigenvalue weighted by Gasteiger charge is -2.07. The molecule has 0 bridgehead atoms. The molecule has 0 aliphatic rings. The fourth-order valence-corrected chi connectivity index (χ4v) is 4.16. The number of nitrogens with zero attached hydrogens (tertiary/aromatic N) is 3. The van der Waals surface area contributed by atoms with E-state index in [0.29, 0.717) is 11.3 Å². The van der Waals surface area contributed by atoms with Gasteiger partial charge in [0.15, 0.2) is 0 Å². The molecule has 8 nitrogen and oxygen atoms in total. The van der Waals surface area contributed by atoms with E-state index >= 15 is 0 Å². The smallest absolute Gasteiger partial charge is 0.258 e. The monoisotopic (exact) mass is 434 g/mol. The van der Waals surface area contributed by atoms with Crippen LogP contribution in [0.4, 0.5) is 5.69 Å². The second-order valence-corrected chi connectivity index (χ2v) is 8.50. The summed E-state index contributed by atoms with van der Waals surface area (Å²) in [6, 6.07) is 23.9. The number of hydrogen-bond acceptors (Lipinski definition) is 5. The number of hydrogen-bond donors (Lipinski definition) is 1. The highest BCUT2D eigenvalue weighted by Crippen LogP contribution is 2.24. The molecular weight excluding hydrogens is 416 g/mol. The van der Waals surface area contributed by atoms with Crippen LogP contribution in [0.1, 0.15) is 5.56 Å². The van der Waals surface area contributed by atoms with Gasteiger partial charge in [-0.1, -0.05) is 54.6 Å². The number of nitro benzene ring substituents is 1. The molecule has 0 unspecified atom stereocenters. The molecule has 156 valence electrons. The zero-order chi connectivity index (χ0) is 21.8. The van der Waals surface area contributed by atoms with Crippen LogP contribution in [0.25, 0.3) is 16.9 Å². The Kier molecular flexibility index (Phi) is 5.61. The van der Waals surface area contributed by atoms with Crippen LogP contribution in [0.15, 0.2) is 96.0 Å². The lowest BCUT2D eigenvalue weighted by molar-refractivity contribution is -0.385. The van der Waals surface area contributed by atoms with Crippen LogP contribution in [-0.4, -0.2) is 23.1 Å². The van der Waals surface area contributed by atoms with Crippen molar-refractivity contribution in [1.82, 2.24) is 14.5 Å². The molecule has 0 radical (unpaired) electrons. The Hall–Kier alpha value is -3.82. The average Bonchev–Trinajstić information content (AvgIpc) is 3.23. The molecule has 1 N–H and O–H groups in total. The Morgan fingerprint density at radius 2 is 1.61 bits per heavy atom. The van der Waals surface area contributed by atoms with Crippen molar-refractivity contribution in [3.63, 3.8) is 0 Å². The summed E-state index contributed by atoms with van der Waals surface area (Å²) in [5.41, 5.74) is 2.72. The van der Waals surface area contributed by atoms with Crippen molar-refractivity contribution in [2.75, 3.05) is 0 Å². The maximum atomic E-state index is 12.7. The number of nitro groups is 1. The molecule has 1 heterocycles. The second-order valence-electron chi connectivity index (χ2n) is 6.73. The molecule has 0 fully saturated rings. The molecule has 4 aromatic rings. The van der Waals surface area contributed by atoms with Crippen molar-refractivity contribution in [2.24, 2.45) is 0 Å². The molecule has 0 saturated heterocycles. The Labute approximate surface area is 179 Å². The summed E-state index contributed by atoms with van der Waals surface area (Å²) < 4.78 is 29.7. The molecule has 0 aliphatic carbocycles. The molecule has 0 spiro atoms. The van der Waals surface area contributed by atoms with Gasteiger partial charge in [0.25, 0.3) is 5.69 Å². The van der Waals surface area contributed by atoms with Crippen LogP contribution in [0.3, 0.4) is 0 Å². The lowest BCUT2D eigenvalue weighted by Crippen LogP contribution is -2.23. The van der Waals surface area contributed by atoms with Gasteiger partial charge in [-0.25, -0.2) is 17.8 Å². The third-order valence-corrected chi connectivity index (χ3v) is 6.05. The highest BCUT2D eigenvalue weighted by atomic mass is 32.2. The lowest BCUT2D eigenvalue weighted by atomic mass is 10.1. The first-order valence-electron chi connectivity index (χ1n) is 9.37. The molecular formula is C22H18N4O4S. The third kappa shape index (κ3) is 4.52. The highest BCUT2D eigenvalue weighted by Gasteiger charge is 2.19. The van der Waals surface area contributed by atoms with Crippen molar-refractivity contribution in [3.8, 4) is 16.9 Å². The number of nitrogens with one attached hydrogen (secondary N) is 1. The molecule has 0 aliphatic heterocycles. The summed E-state index contributed by atoms with van der Waals surface area (Å²) in [6.45, 7) is -0.0257. The maximum Gasteiger partial charge on any atom is 0.270 e. The fraction of sp³-hybridized carbons (Fsp3) is 0.0455. The standard InChI is InChI=1S/C22H18N4O4S/c27-26(28)20-12-7-13-21(14-20)31(29,30)23-15-18-16-25(19-10-5-2-6-11-19)24-22(18)17-8-3-1-4-9-17/h1-14,16,23H,15H2. The summed E-state index contributed by atoms with van der Waals surface area (Å²) >= 11 is 0. The zero-order valence-corrected chi connectivity index (χ0v) is 17.1. The minimum absolute atomic E-state index is 0.0257. The van der Waals surface area contributed by atoms with E-state index < -0.39 is 14.9 Å². The van der Waals surface area contributed by atoms with Crippen LogP contribution >= 0.6 is 0 Å². The van der Waals surface area contributed by atoms with Gasteiger partial charge in [0.1, 0.15) is 0 Å². The number of sulfonamides is 1. The minimum Gasteiger partial charge on any atom is -0.258 e. The van der Waals surface area contributed by atoms with Crippen molar-refractivity contribution in [2.45, 2.75) is 11.4 Å². The normalized spacial score (nSPS) is 11.4. The largest absolute Gasteiger partial charge is 0.270 e. The summed E-state index contributed by atoms with van der Waals surface area (Å²) in [6.07, 6.45) is 1.77. The van der Waals surface area contributed by atoms with Gasteiger partial charge in [-0.3, -0.25) is 10.1 Å². The number of para-hydroxylation sites is 1. The number of non-ortho nitro benzene ring substituents is 1. The van der Waals surface area contributed by atoms with Gasteiger partial charge < -0.3 is 0 Å². The Balaban J connectivity index is 1.67. The van der Waals surface area contributed by atoms with E-state index in [0.717, 1.165) is 17.3 Å². The van der Waals surface area contributed by atoms with Gasteiger partial charge in [-0.15, -0.1) is 0 Å². The van der Waals surface area contributed by atoms with Crippen molar-refractivity contribution < 1.29 is 13.3 Å². The molecule has 4 rings (SSSR count). The molecule has 9 heteroatoms. The SMILES string of the molecule is O=[N+]([O-])c1cccc(S(=O)(=O)NCc2cn(-c3ccccc3)nc2-c2ccccc2)c1. The van der Waals surface area contributed by atoms with Crippen molar-refractivity contribution >= 4 is 15.7 Å². The van der Waals surface area contributed by atoms with Gasteiger partial charge in [-0.2, -0.15) is 5.10 Å². The first-order chi connectivity index (χ1) is 14.9. The summed E-state index contributed by atoms with van der Waals surface area (Å²) in [7, 11) is -3.96. The van der Waals surface area contributed by atoms with Gasteiger partial charge in [0.05, 0.1) is 21.2 Å². The molecule has 0 amide bonds. The number of aromatic nitrogens is 2. The average molecular weight is 434 g/mol. The minimum atomic E-state index is -3.96. The zero-order valence-electron chi connectivity index (χ0n) is 16.3. The van der Waals surface area contributed by atoms with Crippen LogP contribution in [-0.2, 0) is 16.6 Å². The van der Waals surface area contributed by atoms with E-state index in [1.807, 2.05) is 60.7 Å². The Morgan fingerprint density at radius 1 is 0.935 bits per heavy atom. The van der Waals surface area contributed by atoms with Crippen LogP contribution < -0.4 is 4.72 Å². The maximum absolute atomic E-state index is 12.7. The summed E-state index contributed by atoms with van der Waals surface area (Å²) in [5, 5.41) is 15.6. The van der Waals surface area contributed by atoms with Crippen molar-refractivity contribution in [3.05, 3.63) is 107 Å². The van der Waals surface area contributed by atoms with E-state index in [4.69, 9.17) is 0 Å².